The van der Waals surface area contributed by atoms with Gasteiger partial charge in [-0.05, 0) is 55.2 Å². The van der Waals surface area contributed by atoms with Crippen molar-refractivity contribution in [2.45, 2.75) is 38.6 Å². The van der Waals surface area contributed by atoms with Crippen LogP contribution in [0.3, 0.4) is 0 Å². The zero-order chi connectivity index (χ0) is 20.6. The van der Waals surface area contributed by atoms with Gasteiger partial charge in [0.1, 0.15) is 11.6 Å². The quantitative estimate of drug-likeness (QED) is 0.776. The molecule has 0 atom stereocenters. The Kier molecular flexibility index (Phi) is 7.22. The molecule has 0 radical (unpaired) electrons. The van der Waals surface area contributed by atoms with Crippen LogP contribution >= 0.6 is 0 Å². The Morgan fingerprint density at radius 2 is 1.86 bits per heavy atom. The zero-order valence-electron chi connectivity index (χ0n) is 16.7. The molecule has 5 nitrogen and oxygen atoms in total. The highest BCUT2D eigenvalue weighted by atomic mass is 19.1. The lowest BCUT2D eigenvalue weighted by Gasteiger charge is -2.32. The van der Waals surface area contributed by atoms with E-state index in [0.29, 0.717) is 37.2 Å². The van der Waals surface area contributed by atoms with E-state index < -0.39 is 5.82 Å². The van der Waals surface area contributed by atoms with Crippen molar-refractivity contribution in [3.8, 4) is 5.75 Å². The van der Waals surface area contributed by atoms with Gasteiger partial charge >= 0.3 is 0 Å². The van der Waals surface area contributed by atoms with Crippen LogP contribution in [0.15, 0.2) is 48.5 Å². The second-order valence-electron chi connectivity index (χ2n) is 7.33. The number of hydrogen-bond acceptors (Lipinski definition) is 3. The molecule has 1 heterocycles. The summed E-state index contributed by atoms with van der Waals surface area (Å²) >= 11 is 0. The van der Waals surface area contributed by atoms with Gasteiger partial charge in [0.05, 0.1) is 0 Å². The normalized spacial score (nSPS) is 14.5. The van der Waals surface area contributed by atoms with E-state index in [1.54, 1.807) is 11.0 Å². The lowest BCUT2D eigenvalue weighted by atomic mass is 10.0. The van der Waals surface area contributed by atoms with Crippen molar-refractivity contribution in [2.75, 3.05) is 19.7 Å². The number of benzene rings is 2. The van der Waals surface area contributed by atoms with Crippen molar-refractivity contribution in [1.29, 1.82) is 0 Å². The van der Waals surface area contributed by atoms with E-state index in [1.165, 1.54) is 23.8 Å². The smallest absolute Gasteiger partial charge is 0.258 e. The third-order valence-corrected chi connectivity index (χ3v) is 5.05. The first-order valence-corrected chi connectivity index (χ1v) is 10.1. The van der Waals surface area contributed by atoms with Crippen molar-refractivity contribution in [1.82, 2.24) is 10.2 Å². The number of likely N-dealkylation sites (tertiary alicyclic amines) is 1. The summed E-state index contributed by atoms with van der Waals surface area (Å²) in [7, 11) is 0. The van der Waals surface area contributed by atoms with Crippen LogP contribution < -0.4 is 10.1 Å². The molecule has 6 heteroatoms. The molecular weight excluding hydrogens is 371 g/mol. The Morgan fingerprint density at radius 1 is 1.14 bits per heavy atom. The molecule has 0 aliphatic carbocycles. The first-order chi connectivity index (χ1) is 14.0. The summed E-state index contributed by atoms with van der Waals surface area (Å²) in [5, 5.41) is 2.97. The van der Waals surface area contributed by atoms with Gasteiger partial charge in [-0.15, -0.1) is 0 Å². The number of rotatable bonds is 7. The Labute approximate surface area is 170 Å². The molecule has 1 aliphatic heterocycles. The minimum Gasteiger partial charge on any atom is -0.484 e. The van der Waals surface area contributed by atoms with Gasteiger partial charge in [-0.3, -0.25) is 9.59 Å². The standard InChI is InChI=1S/C23H27FN2O3/c1-2-4-17-7-9-21(10-8-17)29-16-22(27)25-20-11-13-26(14-12-20)23(28)18-5-3-6-19(24)15-18/h3,5-10,15,20H,2,4,11-14,16H2,1H3,(H,25,27). The molecule has 29 heavy (non-hydrogen) atoms. The second-order valence-corrected chi connectivity index (χ2v) is 7.33. The molecule has 1 saturated heterocycles. The molecule has 0 unspecified atom stereocenters. The number of aryl methyl sites for hydroxylation is 1. The molecule has 0 spiro atoms. The first-order valence-electron chi connectivity index (χ1n) is 10.1. The molecule has 1 fully saturated rings. The largest absolute Gasteiger partial charge is 0.484 e. The van der Waals surface area contributed by atoms with Crippen LogP contribution in [0, 0.1) is 5.82 Å². The highest BCUT2D eigenvalue weighted by Crippen LogP contribution is 2.16. The third-order valence-electron chi connectivity index (χ3n) is 5.05. The monoisotopic (exact) mass is 398 g/mol. The predicted molar refractivity (Wildman–Crippen MR) is 109 cm³/mol. The molecule has 154 valence electrons. The van der Waals surface area contributed by atoms with Crippen LogP contribution in [0.25, 0.3) is 0 Å². The highest BCUT2D eigenvalue weighted by Gasteiger charge is 2.24. The maximum atomic E-state index is 13.3. The Bertz CT molecular complexity index is 830. The number of piperidine rings is 1. The van der Waals surface area contributed by atoms with Gasteiger partial charge in [-0.25, -0.2) is 4.39 Å². The fourth-order valence-corrected chi connectivity index (χ4v) is 3.49. The van der Waals surface area contributed by atoms with Crippen molar-refractivity contribution >= 4 is 11.8 Å². The van der Waals surface area contributed by atoms with Crippen LogP contribution in [-0.2, 0) is 11.2 Å². The molecular formula is C23H27FN2O3. The number of ether oxygens (including phenoxy) is 1. The molecule has 2 aromatic rings. The maximum Gasteiger partial charge on any atom is 0.258 e. The minimum atomic E-state index is -0.419. The average molecular weight is 398 g/mol. The average Bonchev–Trinajstić information content (AvgIpc) is 2.73. The number of carbonyl (C=O) groups excluding carboxylic acids is 2. The van der Waals surface area contributed by atoms with E-state index in [9.17, 15) is 14.0 Å². The Morgan fingerprint density at radius 3 is 2.52 bits per heavy atom. The van der Waals surface area contributed by atoms with Gasteiger partial charge in [-0.2, -0.15) is 0 Å². The zero-order valence-corrected chi connectivity index (χ0v) is 16.7. The molecule has 1 aliphatic rings. The van der Waals surface area contributed by atoms with Crippen molar-refractivity contribution in [3.05, 3.63) is 65.5 Å². The van der Waals surface area contributed by atoms with E-state index >= 15 is 0 Å². The topological polar surface area (TPSA) is 58.6 Å². The number of hydrogen-bond donors (Lipinski definition) is 1. The van der Waals surface area contributed by atoms with Crippen molar-refractivity contribution in [3.63, 3.8) is 0 Å². The van der Waals surface area contributed by atoms with Gasteiger partial charge in [0, 0.05) is 24.7 Å². The highest BCUT2D eigenvalue weighted by molar-refractivity contribution is 5.94. The Balaban J connectivity index is 1.40. The van der Waals surface area contributed by atoms with Crippen LogP contribution in [-0.4, -0.2) is 42.5 Å². The van der Waals surface area contributed by atoms with Gasteiger partial charge < -0.3 is 15.0 Å². The number of carbonyl (C=O) groups is 2. The van der Waals surface area contributed by atoms with E-state index in [1.807, 2.05) is 24.3 Å². The Hall–Kier alpha value is -2.89. The van der Waals surface area contributed by atoms with Crippen LogP contribution in [0.5, 0.6) is 5.75 Å². The second kappa shape index (κ2) is 10.0. The molecule has 0 aromatic heterocycles. The number of nitrogens with zero attached hydrogens (tertiary/aromatic N) is 1. The van der Waals surface area contributed by atoms with Gasteiger partial charge in [0.25, 0.3) is 11.8 Å². The summed E-state index contributed by atoms with van der Waals surface area (Å²) in [4.78, 5) is 26.3. The van der Waals surface area contributed by atoms with Crippen LogP contribution in [0.4, 0.5) is 4.39 Å². The minimum absolute atomic E-state index is 0.00888. The van der Waals surface area contributed by atoms with Crippen LogP contribution in [0.2, 0.25) is 0 Å². The molecule has 2 amide bonds. The molecule has 0 saturated carbocycles. The SMILES string of the molecule is CCCc1ccc(OCC(=O)NC2CCN(C(=O)c3cccc(F)c3)CC2)cc1. The number of halogens is 1. The third kappa shape index (κ3) is 6.04. The molecule has 3 rings (SSSR count). The first kappa shape index (κ1) is 20.8. The summed E-state index contributed by atoms with van der Waals surface area (Å²) in [6.07, 6.45) is 3.45. The van der Waals surface area contributed by atoms with E-state index in [-0.39, 0.29) is 24.5 Å². The summed E-state index contributed by atoms with van der Waals surface area (Å²) in [6, 6.07) is 13.5. The van der Waals surface area contributed by atoms with Gasteiger partial charge in [-0.1, -0.05) is 31.5 Å². The van der Waals surface area contributed by atoms with Crippen molar-refractivity contribution < 1.29 is 18.7 Å². The summed E-state index contributed by atoms with van der Waals surface area (Å²) in [5.41, 5.74) is 1.61. The van der Waals surface area contributed by atoms with E-state index in [2.05, 4.69) is 12.2 Å². The molecule has 0 bridgehead atoms. The van der Waals surface area contributed by atoms with Crippen LogP contribution in [0.1, 0.15) is 42.1 Å². The van der Waals surface area contributed by atoms with E-state index in [0.717, 1.165) is 12.8 Å². The number of amides is 2. The van der Waals surface area contributed by atoms with Gasteiger partial charge in [0.2, 0.25) is 0 Å². The molecule has 1 N–H and O–H groups in total. The fourth-order valence-electron chi connectivity index (χ4n) is 3.49. The lowest BCUT2D eigenvalue weighted by molar-refractivity contribution is -0.124. The molecule has 2 aromatic carbocycles. The summed E-state index contributed by atoms with van der Waals surface area (Å²) < 4.78 is 18.9. The maximum absolute atomic E-state index is 13.3. The van der Waals surface area contributed by atoms with E-state index in [4.69, 9.17) is 4.74 Å². The fraction of sp³-hybridized carbons (Fsp3) is 0.391. The van der Waals surface area contributed by atoms with Crippen molar-refractivity contribution in [2.24, 2.45) is 0 Å². The lowest BCUT2D eigenvalue weighted by Crippen LogP contribution is -2.47. The van der Waals surface area contributed by atoms with Gasteiger partial charge in [0.15, 0.2) is 6.61 Å². The summed E-state index contributed by atoms with van der Waals surface area (Å²) in [6.45, 7) is 3.16. The number of nitrogens with one attached hydrogen (secondary N) is 1. The summed E-state index contributed by atoms with van der Waals surface area (Å²) in [5.74, 6) is -0.0878. The predicted octanol–water partition coefficient (Wildman–Crippen LogP) is 3.58.